The summed E-state index contributed by atoms with van der Waals surface area (Å²) in [5.74, 6) is 1.16. The van der Waals surface area contributed by atoms with E-state index in [2.05, 4.69) is 36.0 Å². The molecule has 0 unspecified atom stereocenters. The van der Waals surface area contributed by atoms with Gasteiger partial charge in [-0.25, -0.2) is 18.5 Å². The molecule has 2 aromatic carbocycles. The van der Waals surface area contributed by atoms with Crippen molar-refractivity contribution in [3.05, 3.63) is 71.9 Å². The van der Waals surface area contributed by atoms with Gasteiger partial charge in [0, 0.05) is 29.9 Å². The first kappa shape index (κ1) is 21.7. The average molecular weight is 476 g/mol. The highest BCUT2D eigenvalue weighted by atomic mass is 32.2. The van der Waals surface area contributed by atoms with Crippen LogP contribution in [0.2, 0.25) is 0 Å². The van der Waals surface area contributed by atoms with Gasteiger partial charge in [0.25, 0.3) is 10.0 Å². The molecule has 34 heavy (non-hydrogen) atoms. The Balaban J connectivity index is 1.41. The maximum Gasteiger partial charge on any atom is 0.257 e. The third kappa shape index (κ3) is 4.23. The lowest BCUT2D eigenvalue weighted by molar-refractivity contribution is 0.592. The smallest absolute Gasteiger partial charge is 0.257 e. The molecule has 0 aliphatic rings. The molecule has 11 nitrogen and oxygen atoms in total. The minimum absolute atomic E-state index is 0.221. The van der Waals surface area contributed by atoms with Crippen LogP contribution >= 0.6 is 0 Å². The molecule has 0 spiro atoms. The van der Waals surface area contributed by atoms with E-state index in [4.69, 9.17) is 5.14 Å². The van der Waals surface area contributed by atoms with E-state index in [0.717, 1.165) is 27.9 Å². The minimum atomic E-state index is -3.93. The van der Waals surface area contributed by atoms with Crippen molar-refractivity contribution in [2.75, 3.05) is 5.32 Å². The van der Waals surface area contributed by atoms with Gasteiger partial charge >= 0.3 is 0 Å². The van der Waals surface area contributed by atoms with Gasteiger partial charge in [-0.15, -0.1) is 10.2 Å². The number of hydrogen-bond donors (Lipinski definition) is 3. The van der Waals surface area contributed by atoms with Gasteiger partial charge in [-0.2, -0.15) is 14.8 Å². The molecule has 172 valence electrons. The second kappa shape index (κ2) is 8.65. The van der Waals surface area contributed by atoms with Crippen LogP contribution in [-0.4, -0.2) is 43.6 Å². The largest absolute Gasteiger partial charge is 0.366 e. The molecule has 3 aromatic heterocycles. The van der Waals surface area contributed by atoms with Gasteiger partial charge in [0.15, 0.2) is 10.7 Å². The molecular weight excluding hydrogens is 454 g/mol. The van der Waals surface area contributed by atoms with E-state index in [1.165, 1.54) is 10.6 Å². The van der Waals surface area contributed by atoms with Crippen molar-refractivity contribution in [1.82, 2.24) is 35.2 Å². The number of aromatic nitrogens is 7. The Labute approximate surface area is 195 Å². The molecule has 0 saturated heterocycles. The molecule has 5 rings (SSSR count). The van der Waals surface area contributed by atoms with Gasteiger partial charge in [-0.3, -0.25) is 0 Å². The fourth-order valence-corrected chi connectivity index (χ4v) is 4.12. The van der Waals surface area contributed by atoms with Crippen LogP contribution in [0.3, 0.4) is 0 Å². The first-order valence-electron chi connectivity index (χ1n) is 10.5. The summed E-state index contributed by atoms with van der Waals surface area (Å²) in [6.45, 7) is 2.48. The highest BCUT2D eigenvalue weighted by molar-refractivity contribution is 7.89. The minimum Gasteiger partial charge on any atom is -0.366 e. The molecule has 0 bridgehead atoms. The number of hydrogen-bond acceptors (Lipinski definition) is 8. The number of primary sulfonamides is 1. The van der Waals surface area contributed by atoms with E-state index in [1.54, 1.807) is 0 Å². The fraction of sp³-hybridized carbons (Fsp3) is 0.136. The van der Waals surface area contributed by atoms with E-state index in [0.29, 0.717) is 30.3 Å². The lowest BCUT2D eigenvalue weighted by Crippen LogP contribution is -2.13. The molecule has 4 N–H and O–H groups in total. The average Bonchev–Trinajstić information content (AvgIpc) is 3.53. The van der Waals surface area contributed by atoms with Crippen LogP contribution in [0.5, 0.6) is 0 Å². The van der Waals surface area contributed by atoms with Gasteiger partial charge in [-0.1, -0.05) is 55.5 Å². The molecule has 0 atom stereocenters. The van der Waals surface area contributed by atoms with Gasteiger partial charge < -0.3 is 5.32 Å². The fourth-order valence-electron chi connectivity index (χ4n) is 3.65. The number of benzene rings is 2. The van der Waals surface area contributed by atoms with Gasteiger partial charge in [0.1, 0.15) is 5.82 Å². The Morgan fingerprint density at radius 2 is 1.82 bits per heavy atom. The summed E-state index contributed by atoms with van der Waals surface area (Å²) in [7, 11) is -3.93. The molecule has 0 radical (unpaired) electrons. The molecule has 0 aliphatic heterocycles. The van der Waals surface area contributed by atoms with Gasteiger partial charge in [0.05, 0.1) is 0 Å². The topological polar surface area (TPSA) is 157 Å². The second-order valence-electron chi connectivity index (χ2n) is 7.62. The summed E-state index contributed by atoms with van der Waals surface area (Å²) in [6.07, 6.45) is 0.690. The summed E-state index contributed by atoms with van der Waals surface area (Å²) < 4.78 is 24.9. The summed E-state index contributed by atoms with van der Waals surface area (Å²) >= 11 is 0. The zero-order valence-electron chi connectivity index (χ0n) is 18.2. The van der Waals surface area contributed by atoms with Crippen molar-refractivity contribution in [1.29, 1.82) is 0 Å². The lowest BCUT2D eigenvalue weighted by atomic mass is 9.98. The Morgan fingerprint density at radius 3 is 2.50 bits per heavy atom. The van der Waals surface area contributed by atoms with Crippen LogP contribution in [0.15, 0.2) is 65.7 Å². The molecule has 0 amide bonds. The third-order valence-corrected chi connectivity index (χ3v) is 6.15. The predicted molar refractivity (Wildman–Crippen MR) is 126 cm³/mol. The van der Waals surface area contributed by atoms with Crippen molar-refractivity contribution in [2.24, 2.45) is 5.14 Å². The number of anilines is 1. The molecule has 0 fully saturated rings. The summed E-state index contributed by atoms with van der Waals surface area (Å²) in [6, 6.07) is 19.2. The first-order valence-corrected chi connectivity index (χ1v) is 12.1. The standard InChI is InChI=1S/C22H21N9O2S/c1-2-16-11-19(31-20(25-16)12-21(28-31)34(23,32)33)24-13-14-7-9-15(10-8-14)17-5-3-4-6-18(17)22-26-29-30-27-22/h3-12,24H,2,13H2,1H3,(H2,23,32,33)(H,26,27,29,30). The summed E-state index contributed by atoms with van der Waals surface area (Å²) in [5.41, 5.74) is 5.16. The maximum atomic E-state index is 11.7. The molecule has 0 aliphatic carbocycles. The van der Waals surface area contributed by atoms with E-state index in [1.807, 2.05) is 61.5 Å². The number of nitrogens with two attached hydrogens (primary N) is 1. The van der Waals surface area contributed by atoms with E-state index >= 15 is 0 Å². The Kier molecular flexibility index (Phi) is 5.51. The zero-order valence-corrected chi connectivity index (χ0v) is 19.0. The van der Waals surface area contributed by atoms with E-state index in [9.17, 15) is 8.42 Å². The number of aromatic amines is 1. The number of rotatable bonds is 7. The van der Waals surface area contributed by atoms with Crippen LogP contribution < -0.4 is 10.5 Å². The van der Waals surface area contributed by atoms with Crippen LogP contribution in [0.25, 0.3) is 28.2 Å². The van der Waals surface area contributed by atoms with Crippen LogP contribution in [0, 0.1) is 0 Å². The van der Waals surface area contributed by atoms with Crippen molar-refractivity contribution in [3.8, 4) is 22.5 Å². The monoisotopic (exact) mass is 475 g/mol. The number of sulfonamides is 1. The van der Waals surface area contributed by atoms with Gasteiger partial charge in [-0.05, 0) is 28.3 Å². The molecule has 12 heteroatoms. The second-order valence-corrected chi connectivity index (χ2v) is 9.12. The number of nitrogens with zero attached hydrogens (tertiary/aromatic N) is 6. The number of fused-ring (bicyclic) bond motifs is 1. The lowest BCUT2D eigenvalue weighted by Gasteiger charge is -2.11. The molecule has 3 heterocycles. The normalized spacial score (nSPS) is 11.7. The quantitative estimate of drug-likeness (QED) is 0.324. The maximum absolute atomic E-state index is 11.7. The molecule has 5 aromatic rings. The SMILES string of the molecule is CCc1cc(NCc2ccc(-c3ccccc3-c3nn[nH]n3)cc2)n2nc(S(N)(=O)=O)cc2n1. The first-order chi connectivity index (χ1) is 16.4. The Morgan fingerprint density at radius 1 is 1.06 bits per heavy atom. The number of tetrazole rings is 1. The predicted octanol–water partition coefficient (Wildman–Crippen LogP) is 2.40. The highest BCUT2D eigenvalue weighted by Gasteiger charge is 2.16. The van der Waals surface area contributed by atoms with E-state index in [-0.39, 0.29) is 5.03 Å². The van der Waals surface area contributed by atoms with Crippen LogP contribution in [-0.2, 0) is 23.0 Å². The Hall–Kier alpha value is -4.16. The summed E-state index contributed by atoms with van der Waals surface area (Å²) in [4.78, 5) is 4.44. The van der Waals surface area contributed by atoms with Crippen molar-refractivity contribution < 1.29 is 8.42 Å². The highest BCUT2D eigenvalue weighted by Crippen LogP contribution is 2.29. The summed E-state index contributed by atoms with van der Waals surface area (Å²) in [5, 5.41) is 26.8. The van der Waals surface area contributed by atoms with E-state index < -0.39 is 10.0 Å². The van der Waals surface area contributed by atoms with Crippen LogP contribution in [0.1, 0.15) is 18.2 Å². The number of H-pyrrole nitrogens is 1. The molecular formula is C22H21N9O2S. The molecule has 0 saturated carbocycles. The third-order valence-electron chi connectivity index (χ3n) is 5.36. The van der Waals surface area contributed by atoms with Crippen LogP contribution in [0.4, 0.5) is 5.82 Å². The number of aryl methyl sites for hydroxylation is 1. The van der Waals surface area contributed by atoms with Crippen molar-refractivity contribution in [2.45, 2.75) is 24.9 Å². The van der Waals surface area contributed by atoms with Gasteiger partial charge in [0.2, 0.25) is 5.82 Å². The Bertz CT molecular complexity index is 1560. The van der Waals surface area contributed by atoms with Crippen molar-refractivity contribution in [3.63, 3.8) is 0 Å². The van der Waals surface area contributed by atoms with Crippen molar-refractivity contribution >= 4 is 21.5 Å². The number of nitrogens with one attached hydrogen (secondary N) is 2. The zero-order chi connectivity index (χ0) is 23.7.